The van der Waals surface area contributed by atoms with Crippen molar-refractivity contribution in [2.24, 2.45) is 0 Å². The van der Waals surface area contributed by atoms with Crippen LogP contribution in [0.4, 0.5) is 11.4 Å². The van der Waals surface area contributed by atoms with Crippen molar-refractivity contribution >= 4 is 28.7 Å². The van der Waals surface area contributed by atoms with Crippen molar-refractivity contribution in [1.29, 1.82) is 0 Å². The minimum atomic E-state index is 0.723. The Bertz CT molecular complexity index is 694. The molecule has 0 radical (unpaired) electrons. The summed E-state index contributed by atoms with van der Waals surface area (Å²) in [5.74, 6) is 0. The lowest BCUT2D eigenvalue weighted by Crippen LogP contribution is -2.36. The number of nitrogens with one attached hydrogen (secondary N) is 1. The van der Waals surface area contributed by atoms with E-state index in [9.17, 15) is 0 Å². The first-order chi connectivity index (χ1) is 12.1. The number of thiocarbonyl (C=S) groups is 1. The summed E-state index contributed by atoms with van der Waals surface area (Å²) in [6.07, 6.45) is 0. The SMILES string of the molecule is Cc1ccc(NC(=S)N(C)Cc2ccc(N3CCOCC3)cc2)cc1. The number of anilines is 2. The van der Waals surface area contributed by atoms with Gasteiger partial charge in [0, 0.05) is 38.1 Å². The molecule has 0 saturated carbocycles. The van der Waals surface area contributed by atoms with E-state index in [1.54, 1.807) is 0 Å². The van der Waals surface area contributed by atoms with Crippen LogP contribution >= 0.6 is 12.2 Å². The van der Waals surface area contributed by atoms with Gasteiger partial charge in [-0.15, -0.1) is 0 Å². The van der Waals surface area contributed by atoms with Crippen LogP contribution in [0.15, 0.2) is 48.5 Å². The van der Waals surface area contributed by atoms with Crippen LogP contribution < -0.4 is 10.2 Å². The molecule has 1 saturated heterocycles. The maximum atomic E-state index is 5.51. The molecule has 2 aromatic rings. The van der Waals surface area contributed by atoms with Crippen LogP contribution in [0, 0.1) is 6.92 Å². The Kier molecular flexibility index (Phi) is 5.89. The van der Waals surface area contributed by atoms with E-state index in [1.807, 2.05) is 19.2 Å². The summed E-state index contributed by atoms with van der Waals surface area (Å²) in [6.45, 7) is 6.40. The van der Waals surface area contributed by atoms with Crippen molar-refractivity contribution in [2.75, 3.05) is 43.6 Å². The molecule has 132 valence electrons. The van der Waals surface area contributed by atoms with Gasteiger partial charge < -0.3 is 19.9 Å². The molecule has 5 heteroatoms. The smallest absolute Gasteiger partial charge is 0.173 e. The molecule has 3 rings (SSSR count). The van der Waals surface area contributed by atoms with Crippen molar-refractivity contribution < 1.29 is 4.74 Å². The number of rotatable bonds is 4. The van der Waals surface area contributed by atoms with E-state index in [0.29, 0.717) is 0 Å². The summed E-state index contributed by atoms with van der Waals surface area (Å²) in [4.78, 5) is 4.42. The summed E-state index contributed by atoms with van der Waals surface area (Å²) in [6, 6.07) is 17.0. The van der Waals surface area contributed by atoms with Gasteiger partial charge in [0.2, 0.25) is 0 Å². The molecule has 25 heavy (non-hydrogen) atoms. The predicted molar refractivity (Wildman–Crippen MR) is 108 cm³/mol. The number of aryl methyl sites for hydroxylation is 1. The fraction of sp³-hybridized carbons (Fsp3) is 0.350. The highest BCUT2D eigenvalue weighted by Crippen LogP contribution is 2.18. The van der Waals surface area contributed by atoms with Crippen molar-refractivity contribution in [3.8, 4) is 0 Å². The Morgan fingerprint density at radius 2 is 1.72 bits per heavy atom. The number of benzene rings is 2. The highest BCUT2D eigenvalue weighted by atomic mass is 32.1. The zero-order valence-electron chi connectivity index (χ0n) is 14.9. The lowest BCUT2D eigenvalue weighted by molar-refractivity contribution is 0.122. The Morgan fingerprint density at radius 1 is 1.08 bits per heavy atom. The summed E-state index contributed by atoms with van der Waals surface area (Å²) in [5, 5.41) is 4.01. The fourth-order valence-electron chi connectivity index (χ4n) is 2.84. The van der Waals surface area contributed by atoms with E-state index in [1.165, 1.54) is 16.8 Å². The molecule has 0 aliphatic carbocycles. The molecule has 0 atom stereocenters. The summed E-state index contributed by atoms with van der Waals surface area (Å²) >= 11 is 5.51. The van der Waals surface area contributed by atoms with Gasteiger partial charge in [0.25, 0.3) is 0 Å². The van der Waals surface area contributed by atoms with Crippen LogP contribution in [0.3, 0.4) is 0 Å². The number of hydrogen-bond donors (Lipinski definition) is 1. The molecule has 1 aliphatic heterocycles. The van der Waals surface area contributed by atoms with Crippen molar-refractivity contribution in [1.82, 2.24) is 4.90 Å². The standard InChI is InChI=1S/C20H25N3OS/c1-16-3-7-18(8-4-16)21-20(25)22(2)15-17-5-9-19(10-6-17)23-11-13-24-14-12-23/h3-10H,11-15H2,1-2H3,(H,21,25). The highest BCUT2D eigenvalue weighted by Gasteiger charge is 2.11. The van der Waals surface area contributed by atoms with Gasteiger partial charge in [-0.2, -0.15) is 0 Å². The topological polar surface area (TPSA) is 27.7 Å². The third-order valence-corrected chi connectivity index (χ3v) is 4.80. The molecule has 2 aromatic carbocycles. The number of morpholine rings is 1. The van der Waals surface area contributed by atoms with Crippen molar-refractivity contribution in [3.05, 3.63) is 59.7 Å². The molecule has 0 unspecified atom stereocenters. The summed E-state index contributed by atoms with van der Waals surface area (Å²) in [7, 11) is 2.01. The van der Waals surface area contributed by atoms with Crippen LogP contribution in [0.1, 0.15) is 11.1 Å². The van der Waals surface area contributed by atoms with Crippen LogP contribution in [0.2, 0.25) is 0 Å². The number of hydrogen-bond acceptors (Lipinski definition) is 3. The lowest BCUT2D eigenvalue weighted by atomic mass is 10.2. The van der Waals surface area contributed by atoms with Gasteiger partial charge in [-0.3, -0.25) is 0 Å². The Morgan fingerprint density at radius 3 is 2.36 bits per heavy atom. The molecular formula is C20H25N3OS. The zero-order valence-corrected chi connectivity index (χ0v) is 15.7. The molecule has 0 bridgehead atoms. The molecular weight excluding hydrogens is 330 g/mol. The summed E-state index contributed by atoms with van der Waals surface area (Å²) in [5.41, 5.74) is 4.76. The van der Waals surface area contributed by atoms with E-state index in [2.05, 4.69) is 58.4 Å². The number of ether oxygens (including phenoxy) is 1. The highest BCUT2D eigenvalue weighted by molar-refractivity contribution is 7.80. The van der Waals surface area contributed by atoms with Gasteiger partial charge >= 0.3 is 0 Å². The molecule has 0 aromatic heterocycles. The maximum Gasteiger partial charge on any atom is 0.173 e. The second kappa shape index (κ2) is 8.32. The van der Waals surface area contributed by atoms with E-state index < -0.39 is 0 Å². The Balaban J connectivity index is 1.55. The second-order valence-electron chi connectivity index (χ2n) is 6.42. The van der Waals surface area contributed by atoms with Crippen molar-refractivity contribution in [2.45, 2.75) is 13.5 Å². The molecule has 1 aliphatic rings. The normalized spacial score (nSPS) is 14.2. The van der Waals surface area contributed by atoms with Gasteiger partial charge in [0.15, 0.2) is 5.11 Å². The van der Waals surface area contributed by atoms with E-state index >= 15 is 0 Å². The Labute approximate surface area is 155 Å². The van der Waals surface area contributed by atoms with Gasteiger partial charge in [-0.05, 0) is 49.0 Å². The third-order valence-electron chi connectivity index (χ3n) is 4.38. The molecule has 1 fully saturated rings. The van der Waals surface area contributed by atoms with Crippen LogP contribution in [-0.2, 0) is 11.3 Å². The Hall–Kier alpha value is -2.11. The minimum absolute atomic E-state index is 0.723. The lowest BCUT2D eigenvalue weighted by Gasteiger charge is -2.29. The van der Waals surface area contributed by atoms with Crippen LogP contribution in [-0.4, -0.2) is 43.4 Å². The predicted octanol–water partition coefficient (Wildman–Crippen LogP) is 3.66. The average molecular weight is 356 g/mol. The molecule has 1 N–H and O–H groups in total. The van der Waals surface area contributed by atoms with E-state index in [-0.39, 0.29) is 0 Å². The van der Waals surface area contributed by atoms with Gasteiger partial charge in [-0.25, -0.2) is 0 Å². The zero-order chi connectivity index (χ0) is 17.6. The van der Waals surface area contributed by atoms with Crippen LogP contribution in [0.5, 0.6) is 0 Å². The fourth-order valence-corrected chi connectivity index (χ4v) is 3.02. The molecule has 1 heterocycles. The first-order valence-corrected chi connectivity index (χ1v) is 9.03. The summed E-state index contributed by atoms with van der Waals surface area (Å²) < 4.78 is 5.41. The first-order valence-electron chi connectivity index (χ1n) is 8.62. The van der Waals surface area contributed by atoms with Crippen LogP contribution in [0.25, 0.3) is 0 Å². The maximum absolute atomic E-state index is 5.51. The molecule has 4 nitrogen and oxygen atoms in total. The number of nitrogens with zero attached hydrogens (tertiary/aromatic N) is 2. The van der Waals surface area contributed by atoms with E-state index in [4.69, 9.17) is 17.0 Å². The van der Waals surface area contributed by atoms with Gasteiger partial charge in [0.05, 0.1) is 13.2 Å². The molecule has 0 amide bonds. The third kappa shape index (κ3) is 4.94. The minimum Gasteiger partial charge on any atom is -0.378 e. The second-order valence-corrected chi connectivity index (χ2v) is 6.80. The van der Waals surface area contributed by atoms with Gasteiger partial charge in [0.1, 0.15) is 0 Å². The first kappa shape index (κ1) is 17.7. The van der Waals surface area contributed by atoms with Crippen molar-refractivity contribution in [3.63, 3.8) is 0 Å². The monoisotopic (exact) mass is 355 g/mol. The average Bonchev–Trinajstić information content (AvgIpc) is 2.65. The largest absolute Gasteiger partial charge is 0.378 e. The van der Waals surface area contributed by atoms with Gasteiger partial charge in [-0.1, -0.05) is 29.8 Å². The van der Waals surface area contributed by atoms with E-state index in [0.717, 1.165) is 43.6 Å². The molecule has 0 spiro atoms. The quantitative estimate of drug-likeness (QED) is 0.845.